The lowest BCUT2D eigenvalue weighted by Crippen LogP contribution is -2.26. The quantitative estimate of drug-likeness (QED) is 0.878. The Kier molecular flexibility index (Phi) is 4.28. The van der Waals surface area contributed by atoms with Gasteiger partial charge in [-0.25, -0.2) is 0 Å². The maximum absolute atomic E-state index is 9.34. The molecule has 106 valence electrons. The average Bonchev–Trinajstić information content (AvgIpc) is 2.95. The van der Waals surface area contributed by atoms with Gasteiger partial charge < -0.3 is 10.4 Å². The summed E-state index contributed by atoms with van der Waals surface area (Å²) in [5.41, 5.74) is 1.31. The summed E-state index contributed by atoms with van der Waals surface area (Å²) < 4.78 is 0. The number of aliphatic hydroxyl groups excluding tert-OH is 1. The van der Waals surface area contributed by atoms with Gasteiger partial charge in [-0.05, 0) is 54.3 Å². The summed E-state index contributed by atoms with van der Waals surface area (Å²) in [6.45, 7) is 2.25. The first-order valence-electron chi connectivity index (χ1n) is 7.51. The van der Waals surface area contributed by atoms with Crippen LogP contribution in [0, 0.1) is 11.8 Å². The van der Waals surface area contributed by atoms with E-state index in [0.717, 1.165) is 13.1 Å². The summed E-state index contributed by atoms with van der Waals surface area (Å²) in [4.78, 5) is 4.14. The summed E-state index contributed by atoms with van der Waals surface area (Å²) in [5, 5.41) is 15.3. The van der Waals surface area contributed by atoms with Crippen LogP contribution in [0.1, 0.15) is 24.8 Å². The van der Waals surface area contributed by atoms with Crippen molar-refractivity contribution in [3.05, 3.63) is 42.2 Å². The molecule has 0 bridgehead atoms. The molecule has 1 aromatic heterocycles. The van der Waals surface area contributed by atoms with E-state index in [9.17, 15) is 5.11 Å². The summed E-state index contributed by atoms with van der Waals surface area (Å²) >= 11 is 0. The summed E-state index contributed by atoms with van der Waals surface area (Å²) in [6.07, 6.45) is 7.44. The molecule has 0 amide bonds. The van der Waals surface area contributed by atoms with E-state index in [4.69, 9.17) is 0 Å². The van der Waals surface area contributed by atoms with Gasteiger partial charge in [0, 0.05) is 30.9 Å². The van der Waals surface area contributed by atoms with E-state index in [1.54, 1.807) is 0 Å². The fourth-order valence-corrected chi connectivity index (χ4v) is 3.27. The fraction of sp³-hybridized carbons (Fsp3) is 0.471. The van der Waals surface area contributed by atoms with Gasteiger partial charge in [-0.1, -0.05) is 18.6 Å². The highest BCUT2D eigenvalue weighted by Crippen LogP contribution is 2.30. The van der Waals surface area contributed by atoms with E-state index in [1.165, 1.54) is 35.6 Å². The Balaban J connectivity index is 1.57. The predicted molar refractivity (Wildman–Crippen MR) is 81.4 cm³/mol. The van der Waals surface area contributed by atoms with Crippen LogP contribution in [0.25, 0.3) is 10.8 Å². The molecular formula is C17H22N2O. The molecule has 20 heavy (non-hydrogen) atoms. The van der Waals surface area contributed by atoms with Crippen molar-refractivity contribution in [3.8, 4) is 0 Å². The minimum Gasteiger partial charge on any atom is -0.396 e. The van der Waals surface area contributed by atoms with E-state index in [2.05, 4.69) is 34.6 Å². The molecule has 3 heteroatoms. The topological polar surface area (TPSA) is 45.1 Å². The first-order valence-corrected chi connectivity index (χ1v) is 7.51. The number of benzene rings is 1. The van der Waals surface area contributed by atoms with Crippen molar-refractivity contribution >= 4 is 10.8 Å². The molecule has 1 aliphatic rings. The second-order valence-electron chi connectivity index (χ2n) is 5.82. The van der Waals surface area contributed by atoms with Crippen molar-refractivity contribution in [2.75, 3.05) is 13.2 Å². The fourth-order valence-electron chi connectivity index (χ4n) is 3.27. The smallest absolute Gasteiger partial charge is 0.0462 e. The number of hydrogen-bond donors (Lipinski definition) is 2. The standard InChI is InChI=1S/C17H22N2O/c20-12-17-3-1-2-15(17)11-19-9-13-4-5-16-10-18-7-6-14(16)8-13/h4-8,10,15,17,19-20H,1-3,9,11-12H2. The maximum Gasteiger partial charge on any atom is 0.0462 e. The van der Waals surface area contributed by atoms with Crippen LogP contribution in [0.15, 0.2) is 36.7 Å². The maximum atomic E-state index is 9.34. The van der Waals surface area contributed by atoms with Gasteiger partial charge in [0.1, 0.15) is 0 Å². The normalized spacial score (nSPS) is 22.4. The van der Waals surface area contributed by atoms with E-state index >= 15 is 0 Å². The Labute approximate surface area is 120 Å². The number of hydrogen-bond acceptors (Lipinski definition) is 3. The van der Waals surface area contributed by atoms with Gasteiger partial charge in [-0.15, -0.1) is 0 Å². The van der Waals surface area contributed by atoms with E-state index in [-0.39, 0.29) is 0 Å². The number of nitrogens with zero attached hydrogens (tertiary/aromatic N) is 1. The number of rotatable bonds is 5. The molecule has 0 spiro atoms. The largest absolute Gasteiger partial charge is 0.396 e. The monoisotopic (exact) mass is 270 g/mol. The molecule has 1 heterocycles. The van der Waals surface area contributed by atoms with Crippen molar-refractivity contribution in [2.45, 2.75) is 25.8 Å². The molecule has 0 saturated heterocycles. The highest BCUT2D eigenvalue weighted by atomic mass is 16.3. The Morgan fingerprint density at radius 3 is 2.95 bits per heavy atom. The third-order valence-corrected chi connectivity index (χ3v) is 4.49. The van der Waals surface area contributed by atoms with E-state index < -0.39 is 0 Å². The summed E-state index contributed by atoms with van der Waals surface area (Å²) in [7, 11) is 0. The summed E-state index contributed by atoms with van der Waals surface area (Å²) in [6, 6.07) is 8.57. The molecule has 3 nitrogen and oxygen atoms in total. The summed E-state index contributed by atoms with van der Waals surface area (Å²) in [5.74, 6) is 1.15. The first-order chi connectivity index (χ1) is 9.86. The lowest BCUT2D eigenvalue weighted by atomic mass is 9.97. The average molecular weight is 270 g/mol. The highest BCUT2D eigenvalue weighted by molar-refractivity contribution is 5.81. The lowest BCUT2D eigenvalue weighted by Gasteiger charge is -2.17. The van der Waals surface area contributed by atoms with Crippen molar-refractivity contribution in [3.63, 3.8) is 0 Å². The van der Waals surface area contributed by atoms with Crippen molar-refractivity contribution in [1.82, 2.24) is 10.3 Å². The molecule has 2 atom stereocenters. The zero-order valence-corrected chi connectivity index (χ0v) is 11.8. The van der Waals surface area contributed by atoms with Crippen molar-refractivity contribution < 1.29 is 5.11 Å². The van der Waals surface area contributed by atoms with Crippen LogP contribution in [-0.4, -0.2) is 23.2 Å². The molecule has 2 N–H and O–H groups in total. The first kappa shape index (κ1) is 13.5. The van der Waals surface area contributed by atoms with Crippen molar-refractivity contribution in [2.24, 2.45) is 11.8 Å². The minimum atomic E-state index is 0.343. The van der Waals surface area contributed by atoms with Crippen LogP contribution in [-0.2, 0) is 6.54 Å². The molecule has 1 saturated carbocycles. The third kappa shape index (κ3) is 3.00. The van der Waals surface area contributed by atoms with Crippen LogP contribution in [0.3, 0.4) is 0 Å². The highest BCUT2D eigenvalue weighted by Gasteiger charge is 2.25. The second kappa shape index (κ2) is 6.33. The Morgan fingerprint density at radius 2 is 2.05 bits per heavy atom. The Bertz CT molecular complexity index is 570. The number of aromatic nitrogens is 1. The number of fused-ring (bicyclic) bond motifs is 1. The zero-order chi connectivity index (χ0) is 13.8. The zero-order valence-electron chi connectivity index (χ0n) is 11.8. The number of pyridine rings is 1. The van der Waals surface area contributed by atoms with E-state index in [0.29, 0.717) is 18.4 Å². The van der Waals surface area contributed by atoms with Crippen LogP contribution in [0.5, 0.6) is 0 Å². The van der Waals surface area contributed by atoms with Crippen LogP contribution in [0.4, 0.5) is 0 Å². The van der Waals surface area contributed by atoms with Gasteiger partial charge in [-0.2, -0.15) is 0 Å². The SMILES string of the molecule is OCC1CCCC1CNCc1ccc2cnccc2c1. The molecule has 1 aliphatic carbocycles. The number of nitrogens with one attached hydrogen (secondary N) is 1. The van der Waals surface area contributed by atoms with Crippen molar-refractivity contribution in [1.29, 1.82) is 0 Å². The lowest BCUT2D eigenvalue weighted by molar-refractivity contribution is 0.192. The molecule has 1 aromatic carbocycles. The van der Waals surface area contributed by atoms with Crippen LogP contribution >= 0.6 is 0 Å². The van der Waals surface area contributed by atoms with Gasteiger partial charge in [-0.3, -0.25) is 4.98 Å². The molecule has 1 fully saturated rings. The second-order valence-corrected chi connectivity index (χ2v) is 5.82. The van der Waals surface area contributed by atoms with E-state index in [1.807, 2.05) is 12.4 Å². The van der Waals surface area contributed by atoms with Gasteiger partial charge in [0.2, 0.25) is 0 Å². The third-order valence-electron chi connectivity index (χ3n) is 4.49. The van der Waals surface area contributed by atoms with Gasteiger partial charge in [0.05, 0.1) is 0 Å². The molecule has 0 radical (unpaired) electrons. The van der Waals surface area contributed by atoms with Crippen LogP contribution in [0.2, 0.25) is 0 Å². The molecule has 0 aliphatic heterocycles. The van der Waals surface area contributed by atoms with Gasteiger partial charge in [0.15, 0.2) is 0 Å². The molecule has 3 rings (SSSR count). The Morgan fingerprint density at radius 1 is 1.15 bits per heavy atom. The Hall–Kier alpha value is -1.45. The molecule has 2 aromatic rings. The molecular weight excluding hydrogens is 248 g/mol. The van der Waals surface area contributed by atoms with Crippen LogP contribution < -0.4 is 5.32 Å². The molecule has 2 unspecified atom stereocenters. The minimum absolute atomic E-state index is 0.343. The van der Waals surface area contributed by atoms with Gasteiger partial charge >= 0.3 is 0 Å². The number of aliphatic hydroxyl groups is 1. The predicted octanol–water partition coefficient (Wildman–Crippen LogP) is 2.73. The van der Waals surface area contributed by atoms with Gasteiger partial charge in [0.25, 0.3) is 0 Å².